The van der Waals surface area contributed by atoms with E-state index in [9.17, 15) is 13.2 Å². The second-order valence-electron chi connectivity index (χ2n) is 3.80. The van der Waals surface area contributed by atoms with Gasteiger partial charge in [-0.2, -0.15) is 11.8 Å². The molecule has 15 heavy (non-hydrogen) atoms. The van der Waals surface area contributed by atoms with E-state index in [1.807, 2.05) is 0 Å². The van der Waals surface area contributed by atoms with Crippen LogP contribution in [0.15, 0.2) is 0 Å². The lowest BCUT2D eigenvalue weighted by Gasteiger charge is -2.06. The predicted octanol–water partition coefficient (Wildman–Crippen LogP) is 1.91. The second-order valence-corrected chi connectivity index (χ2v) is 7.49. The number of hydrogen-bond acceptors (Lipinski definition) is 4. The van der Waals surface area contributed by atoms with Crippen LogP contribution in [0.5, 0.6) is 0 Å². The first-order valence-electron chi connectivity index (χ1n) is 5.16. The number of rotatable bonds is 8. The van der Waals surface area contributed by atoms with Gasteiger partial charge in [-0.25, -0.2) is 8.42 Å². The molecule has 5 heteroatoms. The minimum absolute atomic E-state index is 0.118. The molecule has 0 fully saturated rings. The van der Waals surface area contributed by atoms with E-state index in [0.717, 1.165) is 6.42 Å². The molecule has 0 amide bonds. The first-order chi connectivity index (χ1) is 6.85. The van der Waals surface area contributed by atoms with E-state index < -0.39 is 9.84 Å². The lowest BCUT2D eigenvalue weighted by molar-refractivity contribution is -0.116. The molecule has 0 saturated heterocycles. The lowest BCUT2D eigenvalue weighted by atomic mass is 10.2. The number of ketones is 1. The summed E-state index contributed by atoms with van der Waals surface area (Å²) in [7, 11) is -2.91. The van der Waals surface area contributed by atoms with Crippen molar-refractivity contribution in [1.82, 2.24) is 0 Å². The lowest BCUT2D eigenvalue weighted by Crippen LogP contribution is -2.09. The minimum atomic E-state index is -2.91. The highest BCUT2D eigenvalue weighted by Gasteiger charge is 2.08. The maximum absolute atomic E-state index is 11.3. The van der Waals surface area contributed by atoms with Gasteiger partial charge in [0.1, 0.15) is 15.6 Å². The average Bonchev–Trinajstić information content (AvgIpc) is 2.12. The number of Topliss-reactive ketones (excluding diaryl/α,β-unsaturated/α-hetero) is 1. The molecule has 1 unspecified atom stereocenters. The van der Waals surface area contributed by atoms with Crippen molar-refractivity contribution >= 4 is 27.4 Å². The molecule has 0 radical (unpaired) electrons. The Labute approximate surface area is 96.9 Å². The van der Waals surface area contributed by atoms with E-state index in [2.05, 4.69) is 13.8 Å². The Morgan fingerprint density at radius 3 is 2.47 bits per heavy atom. The van der Waals surface area contributed by atoms with E-state index >= 15 is 0 Å². The third-order valence-corrected chi connectivity index (χ3v) is 4.50. The van der Waals surface area contributed by atoms with Gasteiger partial charge in [0.2, 0.25) is 0 Å². The summed E-state index contributed by atoms with van der Waals surface area (Å²) in [5.41, 5.74) is 0. The van der Waals surface area contributed by atoms with Crippen LogP contribution in [0.4, 0.5) is 0 Å². The van der Waals surface area contributed by atoms with Crippen LogP contribution in [-0.4, -0.2) is 37.2 Å². The van der Waals surface area contributed by atoms with Crippen LogP contribution in [0.1, 0.15) is 33.1 Å². The van der Waals surface area contributed by atoms with Crippen LogP contribution in [-0.2, 0) is 14.6 Å². The number of thioether (sulfide) groups is 1. The van der Waals surface area contributed by atoms with Crippen molar-refractivity contribution in [2.45, 2.75) is 38.4 Å². The van der Waals surface area contributed by atoms with Gasteiger partial charge < -0.3 is 0 Å². The molecule has 0 aliphatic heterocycles. The summed E-state index contributed by atoms with van der Waals surface area (Å²) in [6, 6.07) is 0. The van der Waals surface area contributed by atoms with Crippen LogP contribution in [0.2, 0.25) is 0 Å². The Hall–Kier alpha value is -0.0300. The zero-order valence-corrected chi connectivity index (χ0v) is 11.3. The molecule has 0 spiro atoms. The Kier molecular flexibility index (Phi) is 7.26. The third-order valence-electron chi connectivity index (χ3n) is 2.07. The maximum atomic E-state index is 11.3. The van der Waals surface area contributed by atoms with E-state index in [-0.39, 0.29) is 11.5 Å². The molecule has 0 saturated carbocycles. The highest BCUT2D eigenvalue weighted by atomic mass is 32.2. The van der Waals surface area contributed by atoms with Gasteiger partial charge in [0.15, 0.2) is 0 Å². The van der Waals surface area contributed by atoms with E-state index in [4.69, 9.17) is 0 Å². The highest BCUT2D eigenvalue weighted by Crippen LogP contribution is 2.14. The zero-order valence-electron chi connectivity index (χ0n) is 9.65. The van der Waals surface area contributed by atoms with Gasteiger partial charge in [-0.1, -0.05) is 13.8 Å². The topological polar surface area (TPSA) is 51.2 Å². The summed E-state index contributed by atoms with van der Waals surface area (Å²) in [6.07, 6.45) is 3.10. The first kappa shape index (κ1) is 15.0. The molecule has 1 atom stereocenters. The second kappa shape index (κ2) is 7.28. The van der Waals surface area contributed by atoms with Crippen LogP contribution in [0, 0.1) is 0 Å². The molecule has 0 aliphatic rings. The van der Waals surface area contributed by atoms with Gasteiger partial charge in [-0.3, -0.25) is 4.79 Å². The summed E-state index contributed by atoms with van der Waals surface area (Å²) in [6.45, 7) is 4.18. The van der Waals surface area contributed by atoms with Crippen molar-refractivity contribution in [2.24, 2.45) is 0 Å². The molecule has 0 aromatic carbocycles. The smallest absolute Gasteiger partial charge is 0.147 e. The van der Waals surface area contributed by atoms with Crippen molar-refractivity contribution in [3.63, 3.8) is 0 Å². The monoisotopic (exact) mass is 252 g/mol. The third kappa shape index (κ3) is 10.3. The molecule has 0 heterocycles. The van der Waals surface area contributed by atoms with Gasteiger partial charge in [0.05, 0.1) is 11.5 Å². The normalized spacial score (nSPS) is 13.8. The summed E-state index contributed by atoms with van der Waals surface area (Å²) in [5.74, 6) is 0.787. The molecule has 0 aromatic rings. The van der Waals surface area contributed by atoms with Gasteiger partial charge in [-0.05, 0) is 12.8 Å². The van der Waals surface area contributed by atoms with Gasteiger partial charge in [0, 0.05) is 17.9 Å². The molecule has 0 bridgehead atoms. The van der Waals surface area contributed by atoms with E-state index in [0.29, 0.717) is 23.8 Å². The number of carbonyl (C=O) groups excluding carboxylic acids is 1. The van der Waals surface area contributed by atoms with Crippen LogP contribution in [0.25, 0.3) is 0 Å². The van der Waals surface area contributed by atoms with Gasteiger partial charge in [-0.15, -0.1) is 0 Å². The molecular formula is C10H20O3S2. The van der Waals surface area contributed by atoms with Crippen LogP contribution < -0.4 is 0 Å². The van der Waals surface area contributed by atoms with Crippen molar-refractivity contribution in [3.05, 3.63) is 0 Å². The van der Waals surface area contributed by atoms with Gasteiger partial charge >= 0.3 is 0 Å². The van der Waals surface area contributed by atoms with Gasteiger partial charge in [0.25, 0.3) is 0 Å². The summed E-state index contributed by atoms with van der Waals surface area (Å²) in [5, 5.41) is 0.504. The molecular weight excluding hydrogens is 232 g/mol. The summed E-state index contributed by atoms with van der Waals surface area (Å²) >= 11 is 1.64. The SMILES string of the molecule is CCC(C)SCC(=O)CCCS(C)(=O)=O. The van der Waals surface area contributed by atoms with Crippen molar-refractivity contribution in [3.8, 4) is 0 Å². The average molecular weight is 252 g/mol. The Balaban J connectivity index is 3.59. The fraction of sp³-hybridized carbons (Fsp3) is 0.900. The largest absolute Gasteiger partial charge is 0.299 e. The molecule has 0 aliphatic carbocycles. The van der Waals surface area contributed by atoms with Crippen molar-refractivity contribution in [1.29, 1.82) is 0 Å². The summed E-state index contributed by atoms with van der Waals surface area (Å²) in [4.78, 5) is 11.3. The molecule has 0 aromatic heterocycles. The summed E-state index contributed by atoms with van der Waals surface area (Å²) < 4.78 is 21.6. The number of sulfone groups is 1. The van der Waals surface area contributed by atoms with Crippen molar-refractivity contribution < 1.29 is 13.2 Å². The number of carbonyl (C=O) groups is 1. The fourth-order valence-corrected chi connectivity index (χ4v) is 2.48. The molecule has 3 nitrogen and oxygen atoms in total. The van der Waals surface area contributed by atoms with Crippen LogP contribution in [0.3, 0.4) is 0 Å². The Morgan fingerprint density at radius 1 is 1.40 bits per heavy atom. The molecule has 0 N–H and O–H groups in total. The van der Waals surface area contributed by atoms with Crippen molar-refractivity contribution in [2.75, 3.05) is 17.8 Å². The quantitative estimate of drug-likeness (QED) is 0.662. The fourth-order valence-electron chi connectivity index (χ4n) is 0.957. The number of hydrogen-bond donors (Lipinski definition) is 0. The van der Waals surface area contributed by atoms with Crippen LogP contribution >= 0.6 is 11.8 Å². The zero-order chi connectivity index (χ0) is 11.9. The maximum Gasteiger partial charge on any atom is 0.147 e. The Morgan fingerprint density at radius 2 is 2.00 bits per heavy atom. The highest BCUT2D eigenvalue weighted by molar-refractivity contribution is 8.00. The standard InChI is InChI=1S/C10H20O3S2/c1-4-9(2)14-8-10(11)6-5-7-15(3,12)13/h9H,4-8H2,1-3H3. The van der Waals surface area contributed by atoms with E-state index in [1.165, 1.54) is 6.26 Å². The molecule has 90 valence electrons. The minimum Gasteiger partial charge on any atom is -0.299 e. The first-order valence-corrected chi connectivity index (χ1v) is 8.27. The van der Waals surface area contributed by atoms with E-state index in [1.54, 1.807) is 11.8 Å². The predicted molar refractivity (Wildman–Crippen MR) is 66.2 cm³/mol. The molecule has 0 rings (SSSR count). The Bertz CT molecular complexity index is 283.